The van der Waals surface area contributed by atoms with Crippen molar-refractivity contribution in [2.45, 2.75) is 11.8 Å². The van der Waals surface area contributed by atoms with Gasteiger partial charge in [0.15, 0.2) is 5.84 Å². The molecule has 0 aromatic carbocycles. The number of nitrogens with zero attached hydrogens (tertiary/aromatic N) is 2. The maximum atomic E-state index is 8.49. The van der Waals surface area contributed by atoms with Gasteiger partial charge >= 0.3 is 0 Å². The molecule has 13 heavy (non-hydrogen) atoms. The summed E-state index contributed by atoms with van der Waals surface area (Å²) in [5.74, 6) is 0.980. The number of pyridine rings is 1. The topological polar surface area (TPSA) is 71.5 Å². The molecule has 0 aliphatic heterocycles. The summed E-state index contributed by atoms with van der Waals surface area (Å²) in [4.78, 5) is 4.96. The van der Waals surface area contributed by atoms with E-state index in [0.29, 0.717) is 5.69 Å². The second-order valence-corrected chi connectivity index (χ2v) is 3.57. The van der Waals surface area contributed by atoms with E-state index in [1.54, 1.807) is 18.0 Å². The van der Waals surface area contributed by atoms with Gasteiger partial charge in [0, 0.05) is 11.1 Å². The third-order valence-corrected chi connectivity index (χ3v) is 2.35. The van der Waals surface area contributed by atoms with Crippen molar-refractivity contribution in [2.24, 2.45) is 10.9 Å². The summed E-state index contributed by atoms with van der Waals surface area (Å²) in [7, 11) is 0. The van der Waals surface area contributed by atoms with Gasteiger partial charge in [-0.15, -0.1) is 11.8 Å². The molecular formula is C8H11N3OS. The SMILES string of the molecule is CCSc1cccnc1/C(N)=N/O. The van der Waals surface area contributed by atoms with Gasteiger partial charge in [0.1, 0.15) is 5.69 Å². The molecule has 0 spiro atoms. The lowest BCUT2D eigenvalue weighted by Gasteiger charge is -2.03. The number of thioether (sulfide) groups is 1. The zero-order valence-electron chi connectivity index (χ0n) is 7.27. The summed E-state index contributed by atoms with van der Waals surface area (Å²) >= 11 is 1.61. The van der Waals surface area contributed by atoms with Crippen molar-refractivity contribution in [3.8, 4) is 0 Å². The first kappa shape index (κ1) is 9.85. The van der Waals surface area contributed by atoms with Crippen molar-refractivity contribution in [3.05, 3.63) is 24.0 Å². The van der Waals surface area contributed by atoms with E-state index in [2.05, 4.69) is 10.1 Å². The highest BCUT2D eigenvalue weighted by Gasteiger charge is 2.06. The number of rotatable bonds is 3. The molecule has 3 N–H and O–H groups in total. The van der Waals surface area contributed by atoms with E-state index >= 15 is 0 Å². The Balaban J connectivity index is 3.04. The average Bonchev–Trinajstić information content (AvgIpc) is 2.18. The van der Waals surface area contributed by atoms with Crippen LogP contribution < -0.4 is 5.73 Å². The fraction of sp³-hybridized carbons (Fsp3) is 0.250. The van der Waals surface area contributed by atoms with Gasteiger partial charge in [0.25, 0.3) is 0 Å². The molecule has 0 aliphatic rings. The molecule has 1 heterocycles. The molecule has 70 valence electrons. The average molecular weight is 197 g/mol. The highest BCUT2D eigenvalue weighted by Crippen LogP contribution is 2.19. The van der Waals surface area contributed by atoms with E-state index < -0.39 is 0 Å². The molecule has 1 rings (SSSR count). The molecular weight excluding hydrogens is 186 g/mol. The van der Waals surface area contributed by atoms with Crippen molar-refractivity contribution < 1.29 is 5.21 Å². The first-order chi connectivity index (χ1) is 6.29. The smallest absolute Gasteiger partial charge is 0.189 e. The predicted octanol–water partition coefficient (Wildman–Crippen LogP) is 1.29. The zero-order chi connectivity index (χ0) is 9.68. The third kappa shape index (κ3) is 2.35. The maximum absolute atomic E-state index is 8.49. The van der Waals surface area contributed by atoms with Crippen LogP contribution in [0.5, 0.6) is 0 Å². The van der Waals surface area contributed by atoms with Crippen LogP contribution in [0.15, 0.2) is 28.4 Å². The lowest BCUT2D eigenvalue weighted by atomic mass is 10.3. The summed E-state index contributed by atoms with van der Waals surface area (Å²) in [6.45, 7) is 2.04. The number of amidine groups is 1. The zero-order valence-corrected chi connectivity index (χ0v) is 8.08. The first-order valence-corrected chi connectivity index (χ1v) is 4.83. The van der Waals surface area contributed by atoms with E-state index in [9.17, 15) is 0 Å². The number of oxime groups is 1. The van der Waals surface area contributed by atoms with E-state index in [-0.39, 0.29) is 5.84 Å². The van der Waals surface area contributed by atoms with E-state index in [4.69, 9.17) is 10.9 Å². The van der Waals surface area contributed by atoms with E-state index in [0.717, 1.165) is 10.6 Å². The summed E-state index contributed by atoms with van der Waals surface area (Å²) < 4.78 is 0. The molecule has 0 amide bonds. The standard InChI is InChI=1S/C8H11N3OS/c1-2-13-6-4-3-5-10-7(6)8(9)11-12/h3-5,12H,2H2,1H3,(H2,9,11). The van der Waals surface area contributed by atoms with Crippen LogP contribution in [0, 0.1) is 0 Å². The quantitative estimate of drug-likeness (QED) is 0.252. The van der Waals surface area contributed by atoms with Gasteiger partial charge in [-0.2, -0.15) is 0 Å². The van der Waals surface area contributed by atoms with Crippen LogP contribution in [0.3, 0.4) is 0 Å². The Hall–Kier alpha value is -1.23. The van der Waals surface area contributed by atoms with Gasteiger partial charge in [-0.3, -0.25) is 4.98 Å². The first-order valence-electron chi connectivity index (χ1n) is 3.85. The minimum Gasteiger partial charge on any atom is -0.409 e. The summed E-state index contributed by atoms with van der Waals surface area (Å²) in [5.41, 5.74) is 5.99. The van der Waals surface area contributed by atoms with Gasteiger partial charge < -0.3 is 10.9 Å². The highest BCUT2D eigenvalue weighted by molar-refractivity contribution is 7.99. The second-order valence-electron chi connectivity index (χ2n) is 2.27. The monoisotopic (exact) mass is 197 g/mol. The van der Waals surface area contributed by atoms with Gasteiger partial charge in [0.05, 0.1) is 0 Å². The van der Waals surface area contributed by atoms with Crippen molar-refractivity contribution in [2.75, 3.05) is 5.75 Å². The maximum Gasteiger partial charge on any atom is 0.189 e. The van der Waals surface area contributed by atoms with E-state index in [1.165, 1.54) is 0 Å². The Bertz CT molecular complexity index is 314. The van der Waals surface area contributed by atoms with Gasteiger partial charge in [-0.1, -0.05) is 12.1 Å². The largest absolute Gasteiger partial charge is 0.409 e. The minimum atomic E-state index is 0.0524. The Kier molecular flexibility index (Phi) is 3.57. The van der Waals surface area contributed by atoms with Crippen molar-refractivity contribution in [1.29, 1.82) is 0 Å². The van der Waals surface area contributed by atoms with Crippen LogP contribution in [0.4, 0.5) is 0 Å². The van der Waals surface area contributed by atoms with Crippen molar-refractivity contribution in [1.82, 2.24) is 4.98 Å². The van der Waals surface area contributed by atoms with Crippen LogP contribution in [-0.4, -0.2) is 21.8 Å². The number of hydrogen-bond acceptors (Lipinski definition) is 4. The Labute approximate surface area is 80.9 Å². The van der Waals surface area contributed by atoms with Crippen molar-refractivity contribution >= 4 is 17.6 Å². The molecule has 0 radical (unpaired) electrons. The van der Waals surface area contributed by atoms with Crippen LogP contribution in [-0.2, 0) is 0 Å². The fourth-order valence-corrected chi connectivity index (χ4v) is 1.68. The predicted molar refractivity (Wildman–Crippen MR) is 53.1 cm³/mol. The molecule has 0 bridgehead atoms. The molecule has 0 unspecified atom stereocenters. The number of nitrogens with two attached hydrogens (primary N) is 1. The molecule has 1 aromatic heterocycles. The molecule has 0 saturated heterocycles. The Morgan fingerprint density at radius 2 is 2.54 bits per heavy atom. The van der Waals surface area contributed by atoms with E-state index in [1.807, 2.05) is 19.1 Å². The molecule has 0 fully saturated rings. The van der Waals surface area contributed by atoms with Crippen LogP contribution in [0.2, 0.25) is 0 Å². The molecule has 0 atom stereocenters. The molecule has 1 aromatic rings. The van der Waals surface area contributed by atoms with Gasteiger partial charge in [-0.05, 0) is 17.9 Å². The lowest BCUT2D eigenvalue weighted by Crippen LogP contribution is -2.16. The summed E-state index contributed by atoms with van der Waals surface area (Å²) in [6.07, 6.45) is 1.62. The Morgan fingerprint density at radius 1 is 1.77 bits per heavy atom. The highest BCUT2D eigenvalue weighted by atomic mass is 32.2. The van der Waals surface area contributed by atoms with Crippen LogP contribution in [0.1, 0.15) is 12.6 Å². The number of aromatic nitrogens is 1. The molecule has 0 aliphatic carbocycles. The summed E-state index contributed by atoms with van der Waals surface area (Å²) in [6, 6.07) is 3.72. The molecule has 0 saturated carbocycles. The molecule has 4 nitrogen and oxygen atoms in total. The minimum absolute atomic E-state index is 0.0524. The van der Waals surface area contributed by atoms with Gasteiger partial charge in [0.2, 0.25) is 0 Å². The van der Waals surface area contributed by atoms with Crippen molar-refractivity contribution in [3.63, 3.8) is 0 Å². The van der Waals surface area contributed by atoms with Crippen LogP contribution >= 0.6 is 11.8 Å². The molecule has 5 heteroatoms. The normalized spacial score (nSPS) is 11.6. The third-order valence-electron chi connectivity index (χ3n) is 1.42. The Morgan fingerprint density at radius 3 is 3.15 bits per heavy atom. The lowest BCUT2D eigenvalue weighted by molar-refractivity contribution is 0.318. The summed E-state index contributed by atoms with van der Waals surface area (Å²) in [5, 5.41) is 11.4. The second kappa shape index (κ2) is 4.71. The van der Waals surface area contributed by atoms with Crippen LogP contribution in [0.25, 0.3) is 0 Å². The fourth-order valence-electron chi connectivity index (χ4n) is 0.902. The van der Waals surface area contributed by atoms with Gasteiger partial charge in [-0.25, -0.2) is 0 Å². The number of hydrogen-bond donors (Lipinski definition) is 2.